The van der Waals surface area contributed by atoms with Crippen LogP contribution in [0, 0.1) is 24.0 Å². The maximum Gasteiger partial charge on any atom is 0.354 e. The Morgan fingerprint density at radius 2 is 1.69 bits per heavy atom. The van der Waals surface area contributed by atoms with Crippen LogP contribution in [0.4, 0.5) is 5.69 Å². The first-order valence-electron chi connectivity index (χ1n) is 8.98. The van der Waals surface area contributed by atoms with E-state index in [9.17, 15) is 4.79 Å². The summed E-state index contributed by atoms with van der Waals surface area (Å²) in [6.07, 6.45) is 4.70. The van der Waals surface area contributed by atoms with Crippen LogP contribution in [-0.4, -0.2) is 26.0 Å². The smallest absolute Gasteiger partial charge is 0.354 e. The molecule has 0 atom stereocenters. The minimum Gasteiger partial charge on any atom is -0.477 e. The second kappa shape index (κ2) is 11.8. The van der Waals surface area contributed by atoms with Crippen LogP contribution in [-0.2, 0) is 20.1 Å². The van der Waals surface area contributed by atoms with Crippen molar-refractivity contribution in [1.82, 2.24) is 15.0 Å². The van der Waals surface area contributed by atoms with Gasteiger partial charge in [0.2, 0.25) is 0 Å². The van der Waals surface area contributed by atoms with Gasteiger partial charge in [-0.25, -0.2) is 19.9 Å². The number of aromatic nitrogens is 3. The zero-order valence-corrected chi connectivity index (χ0v) is 18.8. The first-order valence-corrected chi connectivity index (χ1v) is 8.98. The molecule has 1 N–H and O–H groups in total. The molecule has 8 heteroatoms. The molecule has 0 saturated heterocycles. The fourth-order valence-corrected chi connectivity index (χ4v) is 2.57. The van der Waals surface area contributed by atoms with E-state index in [0.29, 0.717) is 16.9 Å². The summed E-state index contributed by atoms with van der Waals surface area (Å²) in [4.78, 5) is 25.9. The van der Waals surface area contributed by atoms with Crippen molar-refractivity contribution in [2.75, 3.05) is 0 Å². The molecule has 0 aliphatic carbocycles. The summed E-state index contributed by atoms with van der Waals surface area (Å²) in [7, 11) is 0. The molecule has 2 heterocycles. The number of carboxylic acid groups (broad SMARTS) is 1. The maximum atomic E-state index is 10.1. The van der Waals surface area contributed by atoms with Crippen molar-refractivity contribution in [2.45, 2.75) is 0 Å². The van der Waals surface area contributed by atoms with E-state index in [1.54, 1.807) is 54.9 Å². The fraction of sp³-hybridized carbons (Fsp3) is 0. The Hall–Kier alpha value is -4.23. The molecular formula is C24H14IrN5O2-. The molecule has 0 aliphatic rings. The number of pyridine rings is 1. The average molecular weight is 597 g/mol. The predicted molar refractivity (Wildman–Crippen MR) is 114 cm³/mol. The first-order chi connectivity index (χ1) is 15.1. The topological polar surface area (TPSA) is 104 Å². The van der Waals surface area contributed by atoms with Gasteiger partial charge in [0.05, 0.1) is 12.3 Å². The van der Waals surface area contributed by atoms with E-state index in [1.165, 1.54) is 12.3 Å². The number of nitriles is 1. The van der Waals surface area contributed by atoms with Gasteiger partial charge in [-0.05, 0) is 23.3 Å². The fourth-order valence-electron chi connectivity index (χ4n) is 2.57. The van der Waals surface area contributed by atoms with Crippen molar-refractivity contribution in [3.8, 4) is 28.6 Å². The van der Waals surface area contributed by atoms with E-state index in [0.717, 1.165) is 16.8 Å². The predicted octanol–water partition coefficient (Wildman–Crippen LogP) is 4.81. The van der Waals surface area contributed by atoms with Gasteiger partial charge in [0.25, 0.3) is 0 Å². The molecule has 1 radical (unpaired) electrons. The van der Waals surface area contributed by atoms with Crippen molar-refractivity contribution >= 4 is 11.7 Å². The van der Waals surface area contributed by atoms with Crippen LogP contribution in [0.3, 0.4) is 0 Å². The van der Waals surface area contributed by atoms with Gasteiger partial charge >= 0.3 is 5.97 Å². The van der Waals surface area contributed by atoms with Crippen LogP contribution in [0.1, 0.15) is 16.1 Å². The number of carboxylic acids is 1. The number of hydrogen-bond acceptors (Lipinski definition) is 5. The molecule has 157 valence electrons. The molecule has 0 aliphatic heterocycles. The van der Waals surface area contributed by atoms with Gasteiger partial charge in [-0.2, -0.15) is 0 Å². The first kappa shape index (κ1) is 24.0. The summed E-state index contributed by atoms with van der Waals surface area (Å²) in [5, 5.41) is 17.2. The van der Waals surface area contributed by atoms with Crippen LogP contribution in [0.2, 0.25) is 0 Å². The minimum absolute atomic E-state index is 0. The van der Waals surface area contributed by atoms with Crippen LogP contribution in [0.15, 0.2) is 79.3 Å². The molecule has 2 aromatic heterocycles. The van der Waals surface area contributed by atoms with Crippen molar-refractivity contribution in [1.29, 1.82) is 5.26 Å². The molecule has 0 amide bonds. The third kappa shape index (κ3) is 6.13. The zero-order valence-electron chi connectivity index (χ0n) is 16.4. The summed E-state index contributed by atoms with van der Waals surface area (Å²) < 4.78 is 0. The quantitative estimate of drug-likeness (QED) is 0.341. The largest absolute Gasteiger partial charge is 0.477 e. The van der Waals surface area contributed by atoms with Crippen LogP contribution >= 0.6 is 0 Å². The number of carbonyl (C=O) groups is 1. The zero-order chi connectivity index (χ0) is 22.1. The second-order valence-electron chi connectivity index (χ2n) is 6.04. The van der Waals surface area contributed by atoms with E-state index in [4.69, 9.17) is 16.9 Å². The third-order valence-electron chi connectivity index (χ3n) is 4.05. The van der Waals surface area contributed by atoms with Gasteiger partial charge < -0.3 is 10.1 Å². The van der Waals surface area contributed by atoms with Crippen LogP contribution in [0.25, 0.3) is 27.4 Å². The van der Waals surface area contributed by atoms with Crippen LogP contribution in [0.5, 0.6) is 0 Å². The Labute approximate surface area is 198 Å². The Balaban J connectivity index is 0.000000307. The number of nitrogens with zero attached hydrogens (tertiary/aromatic N) is 5. The van der Waals surface area contributed by atoms with E-state index in [-0.39, 0.29) is 25.8 Å². The molecule has 0 spiro atoms. The number of hydrogen-bond donors (Lipinski definition) is 1. The normalized spacial score (nSPS) is 9.19. The monoisotopic (exact) mass is 597 g/mol. The van der Waals surface area contributed by atoms with E-state index >= 15 is 0 Å². The van der Waals surface area contributed by atoms with Gasteiger partial charge in [0.15, 0.2) is 5.69 Å². The Morgan fingerprint density at radius 1 is 0.969 bits per heavy atom. The molecular weight excluding hydrogens is 583 g/mol. The van der Waals surface area contributed by atoms with E-state index in [1.807, 2.05) is 12.1 Å². The standard InChI is InChI=1S/C18H9N4.C6H5NO2.Ir/c1-20-16-8-6-15(7-9-16)18-17(21-10-11-22-18)14-4-2-13(12-19)3-5-14;8-6(9)5-3-1-2-4-7-5;/h2-4,6-11H;1-4H,(H,8,9);/q-1;;. The second-order valence-corrected chi connectivity index (χ2v) is 6.04. The van der Waals surface area contributed by atoms with Gasteiger partial charge in [-0.1, -0.05) is 30.3 Å². The summed E-state index contributed by atoms with van der Waals surface area (Å²) in [5.74, 6) is -0.990. The SMILES string of the molecule is O=C(O)c1ccccn1.[C-]#[N+]c1ccc(-c2nccnc2-c2[c-]cc(C#N)cc2)cc1.[Ir]. The number of benzene rings is 2. The third-order valence-corrected chi connectivity index (χ3v) is 4.05. The van der Waals surface area contributed by atoms with E-state index < -0.39 is 5.97 Å². The number of rotatable bonds is 3. The maximum absolute atomic E-state index is 10.1. The van der Waals surface area contributed by atoms with Gasteiger partial charge in [0, 0.05) is 50.5 Å². The molecule has 0 unspecified atom stereocenters. The molecule has 32 heavy (non-hydrogen) atoms. The van der Waals surface area contributed by atoms with Crippen molar-refractivity contribution in [2.24, 2.45) is 0 Å². The molecule has 0 bridgehead atoms. The summed E-state index contributed by atoms with van der Waals surface area (Å²) in [6, 6.07) is 22.3. The summed E-state index contributed by atoms with van der Waals surface area (Å²) in [5.41, 5.74) is 4.29. The van der Waals surface area contributed by atoms with Gasteiger partial charge in [-0.3, -0.25) is 4.98 Å². The van der Waals surface area contributed by atoms with Crippen molar-refractivity contribution in [3.63, 3.8) is 0 Å². The molecule has 7 nitrogen and oxygen atoms in total. The number of aromatic carboxylic acids is 1. The van der Waals surface area contributed by atoms with Crippen LogP contribution < -0.4 is 0 Å². The Morgan fingerprint density at radius 3 is 2.19 bits per heavy atom. The van der Waals surface area contributed by atoms with Gasteiger partial charge in [0.1, 0.15) is 5.69 Å². The minimum atomic E-state index is -0.990. The molecule has 2 aromatic carbocycles. The van der Waals surface area contributed by atoms with E-state index in [2.05, 4.69) is 31.9 Å². The molecule has 0 fully saturated rings. The van der Waals surface area contributed by atoms with Crippen molar-refractivity contribution < 1.29 is 30.0 Å². The average Bonchev–Trinajstić information content (AvgIpc) is 2.85. The van der Waals surface area contributed by atoms with Crippen molar-refractivity contribution in [3.05, 3.63) is 108 Å². The molecule has 4 aromatic rings. The van der Waals surface area contributed by atoms with Gasteiger partial charge in [-0.15, -0.1) is 29.8 Å². The Kier molecular flexibility index (Phi) is 8.89. The molecule has 0 saturated carbocycles. The molecule has 4 rings (SSSR count). The summed E-state index contributed by atoms with van der Waals surface area (Å²) >= 11 is 0. The summed E-state index contributed by atoms with van der Waals surface area (Å²) in [6.45, 7) is 7.00. The Bertz CT molecular complexity index is 1190.